The summed E-state index contributed by atoms with van der Waals surface area (Å²) in [5.41, 5.74) is 5.35. The average Bonchev–Trinajstić information content (AvgIpc) is 3.20. The van der Waals surface area contributed by atoms with Crippen LogP contribution in [0, 0.1) is 0 Å². The van der Waals surface area contributed by atoms with Crippen molar-refractivity contribution >= 4 is 19.8 Å². The van der Waals surface area contributed by atoms with E-state index in [0.29, 0.717) is 6.42 Å². The molecule has 10 heteroatoms. The lowest BCUT2D eigenvalue weighted by Gasteiger charge is -2.19. The minimum atomic E-state index is -4.39. The van der Waals surface area contributed by atoms with Crippen molar-refractivity contribution in [3.8, 4) is 0 Å². The Morgan fingerprint density at radius 2 is 0.965 bits per heavy atom. The number of carbonyl (C=O) groups is 2. The highest BCUT2D eigenvalue weighted by Crippen LogP contribution is 2.43. The zero-order valence-electron chi connectivity index (χ0n) is 36.0. The first-order valence-corrected chi connectivity index (χ1v) is 23.9. The Labute approximate surface area is 348 Å². The molecule has 0 aliphatic rings. The van der Waals surface area contributed by atoms with Gasteiger partial charge in [0.25, 0.3) is 0 Å². The van der Waals surface area contributed by atoms with Crippen LogP contribution >= 0.6 is 7.82 Å². The van der Waals surface area contributed by atoms with E-state index in [1.165, 1.54) is 44.9 Å². The molecule has 0 spiro atoms. The Kier molecular flexibility index (Phi) is 41.1. The quantitative estimate of drug-likeness (QED) is 0.0267. The molecule has 0 saturated heterocycles. The summed E-state index contributed by atoms with van der Waals surface area (Å²) in [4.78, 5) is 34.9. The molecule has 0 fully saturated rings. The molecule has 0 bridgehead atoms. The molecule has 0 heterocycles. The van der Waals surface area contributed by atoms with Crippen molar-refractivity contribution in [2.75, 3.05) is 26.4 Å². The number of phosphoric ester groups is 1. The van der Waals surface area contributed by atoms with Gasteiger partial charge in [0.2, 0.25) is 0 Å². The van der Waals surface area contributed by atoms with Crippen LogP contribution < -0.4 is 5.73 Å². The van der Waals surface area contributed by atoms with Crippen LogP contribution in [0.5, 0.6) is 0 Å². The van der Waals surface area contributed by atoms with Gasteiger partial charge in [0, 0.05) is 19.4 Å². The number of allylic oxidation sites excluding steroid dienone is 12. The third-order valence-corrected chi connectivity index (χ3v) is 10.1. The smallest absolute Gasteiger partial charge is 0.462 e. The lowest BCUT2D eigenvalue weighted by atomic mass is 10.1. The van der Waals surface area contributed by atoms with Crippen LogP contribution in [0.25, 0.3) is 0 Å². The first-order chi connectivity index (χ1) is 27.8. The Hall–Kier alpha value is -2.55. The van der Waals surface area contributed by atoms with Crippen molar-refractivity contribution in [2.24, 2.45) is 5.73 Å². The predicted molar refractivity (Wildman–Crippen MR) is 238 cm³/mol. The molecule has 2 unspecified atom stereocenters. The summed E-state index contributed by atoms with van der Waals surface area (Å²) in [5, 5.41) is 0. The van der Waals surface area contributed by atoms with Crippen molar-refractivity contribution in [1.82, 2.24) is 0 Å². The van der Waals surface area contributed by atoms with Crippen LogP contribution in [0.4, 0.5) is 0 Å². The third-order valence-electron chi connectivity index (χ3n) is 9.08. The summed E-state index contributed by atoms with van der Waals surface area (Å²) in [6, 6.07) is 0. The summed E-state index contributed by atoms with van der Waals surface area (Å²) in [5.74, 6) is -0.858. The van der Waals surface area contributed by atoms with Gasteiger partial charge in [0.1, 0.15) is 6.61 Å². The highest BCUT2D eigenvalue weighted by molar-refractivity contribution is 7.47. The normalized spacial score (nSPS) is 14.0. The predicted octanol–water partition coefficient (Wildman–Crippen LogP) is 13.1. The minimum absolute atomic E-state index is 0.0460. The molecule has 0 rings (SSSR count). The minimum Gasteiger partial charge on any atom is -0.462 e. The van der Waals surface area contributed by atoms with E-state index < -0.39 is 32.5 Å². The number of ether oxygens (including phenoxy) is 2. The average molecular weight is 820 g/mol. The monoisotopic (exact) mass is 820 g/mol. The molecule has 0 radical (unpaired) electrons. The number of esters is 2. The standard InChI is InChI=1S/C47H82NO8P/c1-3-5-7-9-11-13-15-17-19-21-22-24-26-28-30-32-34-36-38-40-47(50)56-45(44-55-57(51,52)54-42-41-48)43-53-46(49)39-37-35-33-31-29-27-25-23-20-18-16-14-12-10-8-6-4-2/h5,7,11-14,17-20,22,24,45H,3-4,6,8-10,15-16,21,23,25-44,48H2,1-2H3,(H,51,52)/b7-5-,13-11-,14-12-,19-17-,20-18-,24-22-. The van der Waals surface area contributed by atoms with Gasteiger partial charge < -0.3 is 20.1 Å². The SMILES string of the molecule is CC/C=C\C/C=C\C/C=C\C/C=C\CCCCCCCCC(=O)OC(COC(=O)CCCCCCCCC/C=C\C/C=C\CCCCC)COP(=O)(O)OCCN. The maximum Gasteiger partial charge on any atom is 0.472 e. The van der Waals surface area contributed by atoms with E-state index in [1.54, 1.807) is 0 Å². The van der Waals surface area contributed by atoms with Gasteiger partial charge in [-0.2, -0.15) is 0 Å². The largest absolute Gasteiger partial charge is 0.472 e. The summed E-state index contributed by atoms with van der Waals surface area (Å²) >= 11 is 0. The van der Waals surface area contributed by atoms with E-state index in [4.69, 9.17) is 24.3 Å². The lowest BCUT2D eigenvalue weighted by molar-refractivity contribution is -0.161. The summed E-state index contributed by atoms with van der Waals surface area (Å²) < 4.78 is 32.8. The first kappa shape index (κ1) is 54.5. The van der Waals surface area contributed by atoms with E-state index in [9.17, 15) is 19.0 Å². The third kappa shape index (κ3) is 42.9. The number of hydrogen-bond acceptors (Lipinski definition) is 8. The maximum absolute atomic E-state index is 12.6. The molecule has 9 nitrogen and oxygen atoms in total. The van der Waals surface area contributed by atoms with Gasteiger partial charge in [-0.25, -0.2) is 4.57 Å². The molecule has 57 heavy (non-hydrogen) atoms. The Morgan fingerprint density at radius 1 is 0.544 bits per heavy atom. The molecular weight excluding hydrogens is 737 g/mol. The van der Waals surface area contributed by atoms with Crippen molar-refractivity contribution in [1.29, 1.82) is 0 Å². The van der Waals surface area contributed by atoms with E-state index in [0.717, 1.165) is 103 Å². The molecule has 2 atom stereocenters. The van der Waals surface area contributed by atoms with E-state index >= 15 is 0 Å². The fourth-order valence-electron chi connectivity index (χ4n) is 5.77. The molecule has 0 amide bonds. The fraction of sp³-hybridized carbons (Fsp3) is 0.702. The topological polar surface area (TPSA) is 134 Å². The van der Waals surface area contributed by atoms with Crippen LogP contribution in [-0.2, 0) is 32.7 Å². The molecule has 0 aromatic carbocycles. The number of nitrogens with two attached hydrogens (primary N) is 1. The zero-order chi connectivity index (χ0) is 41.8. The molecule has 0 aromatic rings. The van der Waals surface area contributed by atoms with Gasteiger partial charge in [-0.1, -0.05) is 157 Å². The second-order valence-corrected chi connectivity index (χ2v) is 16.0. The van der Waals surface area contributed by atoms with Crippen LogP contribution in [0.3, 0.4) is 0 Å². The number of hydrogen-bond donors (Lipinski definition) is 2. The van der Waals surface area contributed by atoms with Gasteiger partial charge in [0.05, 0.1) is 13.2 Å². The number of phosphoric acid groups is 1. The summed E-state index contributed by atoms with van der Waals surface area (Å²) in [6.07, 6.45) is 52.1. The van der Waals surface area contributed by atoms with Gasteiger partial charge in [-0.3, -0.25) is 18.6 Å². The van der Waals surface area contributed by atoms with E-state index in [2.05, 4.69) is 86.8 Å². The van der Waals surface area contributed by atoms with Crippen LogP contribution in [-0.4, -0.2) is 49.3 Å². The zero-order valence-corrected chi connectivity index (χ0v) is 36.9. The van der Waals surface area contributed by atoms with Crippen molar-refractivity contribution in [2.45, 2.75) is 187 Å². The number of rotatable bonds is 41. The van der Waals surface area contributed by atoms with E-state index in [1.807, 2.05) is 0 Å². The van der Waals surface area contributed by atoms with Crippen molar-refractivity contribution < 1.29 is 37.6 Å². The van der Waals surface area contributed by atoms with Crippen molar-refractivity contribution in [3.63, 3.8) is 0 Å². The Balaban J connectivity index is 4.19. The molecule has 0 aliphatic heterocycles. The second-order valence-electron chi connectivity index (χ2n) is 14.5. The molecule has 0 aliphatic carbocycles. The Morgan fingerprint density at radius 3 is 1.44 bits per heavy atom. The maximum atomic E-state index is 12.6. The fourth-order valence-corrected chi connectivity index (χ4v) is 6.54. The molecule has 0 saturated carbocycles. The molecule has 0 aromatic heterocycles. The highest BCUT2D eigenvalue weighted by atomic mass is 31.2. The van der Waals surface area contributed by atoms with Gasteiger partial charge in [0.15, 0.2) is 6.10 Å². The Bertz CT molecular complexity index is 1160. The van der Waals surface area contributed by atoms with E-state index in [-0.39, 0.29) is 32.6 Å². The van der Waals surface area contributed by atoms with Crippen LogP contribution in [0.1, 0.15) is 181 Å². The lowest BCUT2D eigenvalue weighted by Crippen LogP contribution is -2.29. The van der Waals surface area contributed by atoms with Gasteiger partial charge in [-0.05, 0) is 83.5 Å². The van der Waals surface area contributed by atoms with Gasteiger partial charge in [-0.15, -0.1) is 0 Å². The van der Waals surface area contributed by atoms with Crippen molar-refractivity contribution in [3.05, 3.63) is 72.9 Å². The molecule has 3 N–H and O–H groups in total. The number of carbonyl (C=O) groups excluding carboxylic acids is 2. The summed E-state index contributed by atoms with van der Waals surface area (Å²) in [7, 11) is -4.39. The van der Waals surface area contributed by atoms with Crippen LogP contribution in [0.2, 0.25) is 0 Å². The van der Waals surface area contributed by atoms with Crippen LogP contribution in [0.15, 0.2) is 72.9 Å². The highest BCUT2D eigenvalue weighted by Gasteiger charge is 2.26. The summed E-state index contributed by atoms with van der Waals surface area (Å²) in [6.45, 7) is 3.56. The second kappa shape index (κ2) is 43.0. The molecular formula is C47H82NO8P. The first-order valence-electron chi connectivity index (χ1n) is 22.4. The van der Waals surface area contributed by atoms with Gasteiger partial charge >= 0.3 is 19.8 Å². The number of unbranched alkanes of at least 4 members (excludes halogenated alkanes) is 16. The molecule has 328 valence electrons.